The van der Waals surface area contributed by atoms with Gasteiger partial charge in [-0.2, -0.15) is 0 Å². The van der Waals surface area contributed by atoms with Crippen molar-refractivity contribution in [1.82, 2.24) is 4.98 Å². The fraction of sp³-hybridized carbons (Fsp3) is 0.143. The number of benzene rings is 3. The molecule has 34 heavy (non-hydrogen) atoms. The Bertz CT molecular complexity index is 1570. The minimum Gasteiger partial charge on any atom is -0.496 e. The van der Waals surface area contributed by atoms with E-state index in [4.69, 9.17) is 9.15 Å². The van der Waals surface area contributed by atoms with E-state index < -0.39 is 0 Å². The summed E-state index contributed by atoms with van der Waals surface area (Å²) in [4.78, 5) is 17.0. The number of hydrogen-bond donors (Lipinski definition) is 1. The van der Waals surface area contributed by atoms with Crippen molar-refractivity contribution in [3.8, 4) is 16.9 Å². The Labute approximate surface area is 201 Å². The number of fused-ring (bicyclic) bond motifs is 2. The van der Waals surface area contributed by atoms with Crippen LogP contribution in [-0.4, -0.2) is 18.0 Å². The molecule has 0 saturated carbocycles. The molecule has 1 N–H and O–H groups in total. The fourth-order valence-electron chi connectivity index (χ4n) is 4.37. The lowest BCUT2D eigenvalue weighted by Crippen LogP contribution is -2.08. The van der Waals surface area contributed by atoms with Crippen LogP contribution in [0.2, 0.25) is 0 Å². The van der Waals surface area contributed by atoms with Crippen LogP contribution in [0.25, 0.3) is 38.4 Å². The van der Waals surface area contributed by atoms with Gasteiger partial charge in [-0.3, -0.25) is 10.1 Å². The van der Waals surface area contributed by atoms with Gasteiger partial charge in [0.1, 0.15) is 11.3 Å². The highest BCUT2D eigenvalue weighted by Crippen LogP contribution is 2.42. The summed E-state index contributed by atoms with van der Waals surface area (Å²) in [6, 6.07) is 16.6. The zero-order chi connectivity index (χ0) is 23.8. The van der Waals surface area contributed by atoms with Gasteiger partial charge in [-0.1, -0.05) is 42.5 Å². The topological polar surface area (TPSA) is 64.4 Å². The van der Waals surface area contributed by atoms with Crippen LogP contribution in [-0.2, 0) is 4.79 Å². The summed E-state index contributed by atoms with van der Waals surface area (Å²) in [5.41, 5.74) is 6.30. The number of methoxy groups -OCH3 is 1. The molecule has 6 heteroatoms. The number of aromatic nitrogens is 1. The molecule has 0 fully saturated rings. The van der Waals surface area contributed by atoms with Crippen LogP contribution < -0.4 is 10.1 Å². The van der Waals surface area contributed by atoms with E-state index in [1.807, 2.05) is 38.3 Å². The second kappa shape index (κ2) is 8.80. The van der Waals surface area contributed by atoms with Gasteiger partial charge in [-0.15, -0.1) is 11.3 Å². The first kappa shape index (κ1) is 21.9. The first-order valence-electron chi connectivity index (χ1n) is 10.9. The second-order valence-corrected chi connectivity index (χ2v) is 9.10. The lowest BCUT2D eigenvalue weighted by atomic mass is 9.94. The van der Waals surface area contributed by atoms with Gasteiger partial charge in [0.05, 0.1) is 19.1 Å². The van der Waals surface area contributed by atoms with Crippen molar-refractivity contribution in [1.29, 1.82) is 0 Å². The predicted molar refractivity (Wildman–Crippen MR) is 140 cm³/mol. The van der Waals surface area contributed by atoms with E-state index in [1.165, 1.54) is 16.7 Å². The Balaban J connectivity index is 1.63. The molecule has 170 valence electrons. The number of amides is 1. The predicted octanol–water partition coefficient (Wildman–Crippen LogP) is 7.38. The highest BCUT2D eigenvalue weighted by molar-refractivity contribution is 7.13. The monoisotopic (exact) mass is 468 g/mol. The van der Waals surface area contributed by atoms with E-state index in [9.17, 15) is 4.79 Å². The molecule has 2 heterocycles. The van der Waals surface area contributed by atoms with Crippen LogP contribution in [0, 0.1) is 13.8 Å². The molecule has 1 amide bonds. The minimum absolute atomic E-state index is 0.229. The summed E-state index contributed by atoms with van der Waals surface area (Å²) >= 11 is 1.40. The van der Waals surface area contributed by atoms with Gasteiger partial charge in [0.15, 0.2) is 5.13 Å². The summed E-state index contributed by atoms with van der Waals surface area (Å²) < 4.78 is 11.8. The van der Waals surface area contributed by atoms with Gasteiger partial charge in [0, 0.05) is 33.5 Å². The van der Waals surface area contributed by atoms with Crippen LogP contribution in [0.5, 0.6) is 5.75 Å². The zero-order valence-electron chi connectivity index (χ0n) is 19.4. The molecule has 0 saturated heterocycles. The molecule has 0 aliphatic rings. The summed E-state index contributed by atoms with van der Waals surface area (Å²) in [6.45, 7) is 5.79. The van der Waals surface area contributed by atoms with Crippen molar-refractivity contribution >= 4 is 49.7 Å². The van der Waals surface area contributed by atoms with E-state index in [2.05, 4.69) is 46.7 Å². The van der Waals surface area contributed by atoms with Crippen molar-refractivity contribution in [3.63, 3.8) is 0 Å². The van der Waals surface area contributed by atoms with Crippen molar-refractivity contribution in [2.75, 3.05) is 12.4 Å². The largest absolute Gasteiger partial charge is 0.496 e. The first-order valence-corrected chi connectivity index (χ1v) is 11.8. The van der Waals surface area contributed by atoms with E-state index >= 15 is 0 Å². The van der Waals surface area contributed by atoms with Gasteiger partial charge < -0.3 is 9.15 Å². The average Bonchev–Trinajstić information content (AvgIpc) is 3.44. The Morgan fingerprint density at radius 2 is 1.88 bits per heavy atom. The molecule has 3 aromatic carbocycles. The number of rotatable bonds is 5. The average molecular weight is 469 g/mol. The highest BCUT2D eigenvalue weighted by atomic mass is 32.1. The SMILES string of the molecule is COc1c(/C(C)=C/C(=O)Nc2nc(C)cs2)cc2c(-c3cccc4ccccc34)coc2c1C. The van der Waals surface area contributed by atoms with Gasteiger partial charge in [0.25, 0.3) is 0 Å². The second-order valence-electron chi connectivity index (χ2n) is 8.25. The number of nitrogens with one attached hydrogen (secondary N) is 1. The van der Waals surface area contributed by atoms with Gasteiger partial charge in [-0.05, 0) is 48.7 Å². The standard InChI is InChI=1S/C28H24N2O3S/c1-16(12-25(31)30-28-29-17(2)15-34-28)22-13-23-24(14-33-27(23)18(3)26(22)32-4)21-11-7-9-19-8-5-6-10-20(19)21/h5-15H,1-4H3,(H,29,30,31)/b16-12+. The van der Waals surface area contributed by atoms with Gasteiger partial charge in [0.2, 0.25) is 5.91 Å². The van der Waals surface area contributed by atoms with Crippen LogP contribution in [0.3, 0.4) is 0 Å². The molecule has 0 aliphatic carbocycles. The molecule has 2 aromatic heterocycles. The Hall–Kier alpha value is -3.90. The van der Waals surface area contributed by atoms with Crippen molar-refractivity contribution in [3.05, 3.63) is 83.1 Å². The lowest BCUT2D eigenvalue weighted by molar-refractivity contribution is -0.111. The molecule has 0 bridgehead atoms. The van der Waals surface area contributed by atoms with Crippen molar-refractivity contribution in [2.24, 2.45) is 0 Å². The number of ether oxygens (including phenoxy) is 1. The molecular formula is C28H24N2O3S. The number of hydrogen-bond acceptors (Lipinski definition) is 5. The molecular weight excluding hydrogens is 444 g/mol. The molecule has 0 atom stereocenters. The third-order valence-electron chi connectivity index (χ3n) is 5.95. The van der Waals surface area contributed by atoms with Gasteiger partial charge >= 0.3 is 0 Å². The lowest BCUT2D eigenvalue weighted by Gasteiger charge is -2.13. The zero-order valence-corrected chi connectivity index (χ0v) is 20.2. The Morgan fingerprint density at radius 1 is 1.09 bits per heavy atom. The number of furan rings is 1. The summed E-state index contributed by atoms with van der Waals surface area (Å²) in [7, 11) is 1.64. The Morgan fingerprint density at radius 3 is 2.65 bits per heavy atom. The molecule has 0 aliphatic heterocycles. The number of allylic oxidation sites excluding steroid dienone is 1. The third kappa shape index (κ3) is 3.86. The van der Waals surface area contributed by atoms with E-state index in [0.717, 1.165) is 49.9 Å². The van der Waals surface area contributed by atoms with E-state index in [0.29, 0.717) is 10.9 Å². The number of anilines is 1. The number of carbonyl (C=O) groups is 1. The maximum atomic E-state index is 12.7. The molecule has 5 aromatic rings. The quantitative estimate of drug-likeness (QED) is 0.273. The molecule has 0 spiro atoms. The first-order chi connectivity index (χ1) is 16.5. The molecule has 0 radical (unpaired) electrons. The summed E-state index contributed by atoms with van der Waals surface area (Å²) in [5.74, 6) is 0.464. The number of aryl methyl sites for hydroxylation is 2. The maximum absolute atomic E-state index is 12.7. The molecule has 5 nitrogen and oxygen atoms in total. The number of carbonyl (C=O) groups excluding carboxylic acids is 1. The summed E-state index contributed by atoms with van der Waals surface area (Å²) in [6.07, 6.45) is 3.39. The maximum Gasteiger partial charge on any atom is 0.250 e. The van der Waals surface area contributed by atoms with Crippen LogP contribution >= 0.6 is 11.3 Å². The van der Waals surface area contributed by atoms with E-state index in [-0.39, 0.29) is 5.91 Å². The van der Waals surface area contributed by atoms with Crippen LogP contribution in [0.4, 0.5) is 5.13 Å². The normalized spacial score (nSPS) is 11.8. The Kier molecular flexibility index (Phi) is 5.67. The van der Waals surface area contributed by atoms with Crippen LogP contribution in [0.1, 0.15) is 23.7 Å². The van der Waals surface area contributed by atoms with Crippen molar-refractivity contribution < 1.29 is 13.9 Å². The fourth-order valence-corrected chi connectivity index (χ4v) is 5.06. The highest BCUT2D eigenvalue weighted by Gasteiger charge is 2.19. The third-order valence-corrected chi connectivity index (χ3v) is 6.82. The smallest absolute Gasteiger partial charge is 0.250 e. The molecule has 0 unspecified atom stereocenters. The van der Waals surface area contributed by atoms with E-state index in [1.54, 1.807) is 19.4 Å². The van der Waals surface area contributed by atoms with Crippen LogP contribution in [0.15, 0.2) is 70.7 Å². The number of nitrogens with zero attached hydrogens (tertiary/aromatic N) is 1. The summed E-state index contributed by atoms with van der Waals surface area (Å²) in [5, 5.41) is 8.63. The minimum atomic E-state index is -0.229. The molecule has 5 rings (SSSR count). The van der Waals surface area contributed by atoms with Gasteiger partial charge in [-0.25, -0.2) is 4.98 Å². The van der Waals surface area contributed by atoms with Crippen molar-refractivity contribution in [2.45, 2.75) is 20.8 Å². The number of thiazole rings is 1.